The molecule has 0 aliphatic rings. The molecule has 0 aliphatic carbocycles. The summed E-state index contributed by atoms with van der Waals surface area (Å²) in [5, 5.41) is 28.4. The van der Waals surface area contributed by atoms with Gasteiger partial charge in [-0.3, -0.25) is 28.7 Å². The van der Waals surface area contributed by atoms with Crippen LogP contribution in [0, 0.1) is 0 Å². The van der Waals surface area contributed by atoms with Gasteiger partial charge in [-0.25, -0.2) is 0 Å². The van der Waals surface area contributed by atoms with Gasteiger partial charge in [0.2, 0.25) is 17.7 Å². The molecule has 0 radical (unpaired) electrons. The van der Waals surface area contributed by atoms with E-state index in [2.05, 4.69) is 38.8 Å². The number of likely N-dealkylation sites (N-methyl/N-ethyl adjacent to an activating group) is 1. The molecule has 0 aliphatic heterocycles. The molecule has 0 saturated heterocycles. The maximum Gasteiger partial charge on any atom is 0.321 e. The van der Waals surface area contributed by atoms with Gasteiger partial charge in [-0.2, -0.15) is 0 Å². The minimum Gasteiger partial charge on any atom is -0.480 e. The van der Waals surface area contributed by atoms with Crippen LogP contribution in [0.3, 0.4) is 0 Å². The smallest absolute Gasteiger partial charge is 0.321 e. The van der Waals surface area contributed by atoms with Gasteiger partial charge in [0.1, 0.15) is 25.3 Å². The summed E-state index contributed by atoms with van der Waals surface area (Å²) in [6, 6.07) is -1.48. The number of carbonyl (C=O) groups is 5. The Kier molecular flexibility index (Phi) is 24.7. The van der Waals surface area contributed by atoms with Crippen molar-refractivity contribution >= 4 is 42.5 Å². The number of amides is 3. The minimum absolute atomic E-state index is 0.0884. The number of carboxylic acid groups (broad SMARTS) is 2. The van der Waals surface area contributed by atoms with Gasteiger partial charge in [-0.1, -0.05) is 12.8 Å². The van der Waals surface area contributed by atoms with Crippen molar-refractivity contribution in [2.24, 2.45) is 0 Å². The van der Waals surface area contributed by atoms with E-state index in [-0.39, 0.29) is 96.5 Å². The molecule has 7 N–H and O–H groups in total. The van der Waals surface area contributed by atoms with E-state index in [1.54, 1.807) is 0 Å². The molecule has 0 aromatic rings. The lowest BCUT2D eigenvalue weighted by Gasteiger charge is -2.11. The highest BCUT2D eigenvalue weighted by Crippen LogP contribution is 2.01. The fourth-order valence-electron chi connectivity index (χ4n) is 3.10. The summed E-state index contributed by atoms with van der Waals surface area (Å²) in [6.07, 6.45) is 1.95. The lowest BCUT2D eigenvalue weighted by Crippen LogP contribution is -2.36. The fraction of sp³-hybridized carbons (Fsp3) is 0.792. The third-order valence-corrected chi connectivity index (χ3v) is 5.66. The van der Waals surface area contributed by atoms with Crippen molar-refractivity contribution in [1.29, 1.82) is 0 Å². The zero-order valence-electron chi connectivity index (χ0n) is 23.5. The number of hydrogen-bond acceptors (Lipinski definition) is 12. The number of rotatable bonds is 28. The molecule has 238 valence electrons. The fourth-order valence-corrected chi connectivity index (χ4v) is 3.34. The third-order valence-electron chi connectivity index (χ3n) is 5.35. The number of hydrogen-bond donors (Lipinski definition) is 8. The Hall–Kier alpha value is -2.54. The standard InChI is InChI=1S/C24H45N5O11S/c1-25-18(23(33)34)5-6-20(30)27-8-10-37-12-15-40-17-22(32)28-9-11-38-13-14-39-16-21(31)26-7-3-2-4-19(29-41)24(35)36/h18-19,25,29,41H,2-17H2,1H3,(H,26,31)(H,27,30)(H,28,32)(H,33,34)(H,35,36). The van der Waals surface area contributed by atoms with Gasteiger partial charge in [-0.05, 0) is 32.7 Å². The van der Waals surface area contributed by atoms with Crippen LogP contribution in [0.5, 0.6) is 0 Å². The second-order valence-corrected chi connectivity index (χ2v) is 8.87. The third kappa shape index (κ3) is 23.8. The van der Waals surface area contributed by atoms with Gasteiger partial charge in [0, 0.05) is 26.1 Å². The number of ether oxygens (including phenoxy) is 4. The van der Waals surface area contributed by atoms with Crippen LogP contribution in [0.25, 0.3) is 0 Å². The van der Waals surface area contributed by atoms with Gasteiger partial charge < -0.3 is 50.4 Å². The molecule has 0 fully saturated rings. The van der Waals surface area contributed by atoms with E-state index in [0.717, 1.165) is 0 Å². The molecule has 3 amide bonds. The Balaban J connectivity index is 3.47. The van der Waals surface area contributed by atoms with Gasteiger partial charge in [-0.15, -0.1) is 0 Å². The van der Waals surface area contributed by atoms with Crippen LogP contribution in [-0.4, -0.2) is 131 Å². The van der Waals surface area contributed by atoms with Crippen molar-refractivity contribution in [3.8, 4) is 0 Å². The van der Waals surface area contributed by atoms with Crippen molar-refractivity contribution in [1.82, 2.24) is 26.0 Å². The summed E-state index contributed by atoms with van der Waals surface area (Å²) in [4.78, 5) is 56.8. The Bertz CT molecular complexity index is 764. The molecule has 0 saturated carbocycles. The molecule has 41 heavy (non-hydrogen) atoms. The monoisotopic (exact) mass is 611 g/mol. The first-order valence-corrected chi connectivity index (χ1v) is 13.8. The largest absolute Gasteiger partial charge is 0.480 e. The molecule has 0 spiro atoms. The quantitative estimate of drug-likeness (QED) is 0.0352. The van der Waals surface area contributed by atoms with E-state index >= 15 is 0 Å². The van der Waals surface area contributed by atoms with Crippen molar-refractivity contribution in [2.45, 2.75) is 44.2 Å². The predicted octanol–water partition coefficient (Wildman–Crippen LogP) is -2.09. The molecule has 0 aromatic carbocycles. The molecule has 2 atom stereocenters. The highest BCUT2D eigenvalue weighted by atomic mass is 32.1. The van der Waals surface area contributed by atoms with Gasteiger partial charge in [0.15, 0.2) is 0 Å². The Morgan fingerprint density at radius 1 is 0.634 bits per heavy atom. The lowest BCUT2D eigenvalue weighted by molar-refractivity contribution is -0.140. The van der Waals surface area contributed by atoms with Crippen LogP contribution in [-0.2, 0) is 42.9 Å². The summed E-state index contributed by atoms with van der Waals surface area (Å²) < 4.78 is 23.5. The summed E-state index contributed by atoms with van der Waals surface area (Å²) in [6.45, 7) is 2.16. The number of thiol groups is 1. The van der Waals surface area contributed by atoms with E-state index in [0.29, 0.717) is 25.8 Å². The molecule has 16 nitrogen and oxygen atoms in total. The Morgan fingerprint density at radius 2 is 1.12 bits per heavy atom. The first-order valence-electron chi connectivity index (χ1n) is 13.3. The number of unbranched alkanes of at least 4 members (excludes halogenated alkanes) is 1. The topological polar surface area (TPSA) is 223 Å². The van der Waals surface area contributed by atoms with Crippen LogP contribution in [0.1, 0.15) is 32.1 Å². The van der Waals surface area contributed by atoms with Gasteiger partial charge >= 0.3 is 11.9 Å². The highest BCUT2D eigenvalue weighted by molar-refractivity contribution is 7.78. The van der Waals surface area contributed by atoms with E-state index in [1.165, 1.54) is 7.05 Å². The molecule has 17 heteroatoms. The summed E-state index contributed by atoms with van der Waals surface area (Å²) in [5.74, 6) is -2.82. The number of carbonyl (C=O) groups excluding carboxylic acids is 3. The zero-order valence-corrected chi connectivity index (χ0v) is 24.4. The minimum atomic E-state index is -1.00. The average molecular weight is 612 g/mol. The predicted molar refractivity (Wildman–Crippen MR) is 149 cm³/mol. The first kappa shape index (κ1) is 38.5. The Labute approximate surface area is 245 Å². The maximum absolute atomic E-state index is 11.7. The number of carboxylic acids is 2. The molecule has 2 unspecified atom stereocenters. The van der Waals surface area contributed by atoms with Crippen LogP contribution < -0.4 is 26.0 Å². The van der Waals surface area contributed by atoms with Crippen molar-refractivity contribution in [3.63, 3.8) is 0 Å². The normalized spacial score (nSPS) is 12.3. The average Bonchev–Trinajstić information content (AvgIpc) is 2.93. The van der Waals surface area contributed by atoms with Gasteiger partial charge in [0.05, 0.1) is 39.6 Å². The number of aliphatic carboxylic acids is 2. The second-order valence-electron chi connectivity index (χ2n) is 8.61. The molecular weight excluding hydrogens is 566 g/mol. The van der Waals surface area contributed by atoms with E-state index in [4.69, 9.17) is 29.2 Å². The number of nitrogens with one attached hydrogen (secondary N) is 5. The van der Waals surface area contributed by atoms with Crippen molar-refractivity contribution in [2.75, 3.05) is 79.5 Å². The lowest BCUT2D eigenvalue weighted by atomic mass is 10.1. The SMILES string of the molecule is CNC(CCC(=O)NCCOCCOCC(=O)NCCOCCOCC(=O)NCCCCC(NS)C(=O)O)C(=O)O. The first-order chi connectivity index (χ1) is 19.7. The zero-order chi connectivity index (χ0) is 30.7. The molecular formula is C24H45N5O11S. The van der Waals surface area contributed by atoms with Crippen LogP contribution in [0.2, 0.25) is 0 Å². The molecule has 0 aromatic heterocycles. The van der Waals surface area contributed by atoms with Crippen molar-refractivity contribution < 1.29 is 53.1 Å². The summed E-state index contributed by atoms with van der Waals surface area (Å²) in [7, 11) is 1.52. The van der Waals surface area contributed by atoms with Crippen LogP contribution >= 0.6 is 12.8 Å². The highest BCUT2D eigenvalue weighted by Gasteiger charge is 2.16. The molecule has 0 heterocycles. The Morgan fingerprint density at radius 3 is 1.61 bits per heavy atom. The van der Waals surface area contributed by atoms with Crippen LogP contribution in [0.4, 0.5) is 0 Å². The summed E-state index contributed by atoms with van der Waals surface area (Å²) in [5.41, 5.74) is 0. The van der Waals surface area contributed by atoms with E-state index in [9.17, 15) is 24.0 Å². The van der Waals surface area contributed by atoms with Crippen molar-refractivity contribution in [3.05, 3.63) is 0 Å². The van der Waals surface area contributed by atoms with E-state index in [1.807, 2.05) is 0 Å². The summed E-state index contributed by atoms with van der Waals surface area (Å²) >= 11 is 3.77. The van der Waals surface area contributed by atoms with E-state index < -0.39 is 24.0 Å². The molecule has 0 rings (SSSR count). The van der Waals surface area contributed by atoms with Crippen LogP contribution in [0.15, 0.2) is 0 Å². The second kappa shape index (κ2) is 26.4. The maximum atomic E-state index is 11.7. The van der Waals surface area contributed by atoms with Gasteiger partial charge in [0.25, 0.3) is 0 Å². The molecule has 0 bridgehead atoms.